The van der Waals surface area contributed by atoms with E-state index >= 15 is 0 Å². The number of ether oxygens (including phenoxy) is 3. The Hall–Kier alpha value is -3.55. The summed E-state index contributed by atoms with van der Waals surface area (Å²) in [6.45, 7) is -0.620. The molecular formula is C19H18N2O6. The van der Waals surface area contributed by atoms with Crippen molar-refractivity contribution in [3.63, 3.8) is 0 Å². The van der Waals surface area contributed by atoms with Crippen molar-refractivity contribution in [2.24, 2.45) is 0 Å². The van der Waals surface area contributed by atoms with Gasteiger partial charge in [-0.25, -0.2) is 0 Å². The number of nitrogens with one attached hydrogen (secondary N) is 2. The van der Waals surface area contributed by atoms with Crippen molar-refractivity contribution in [2.45, 2.75) is 6.42 Å². The lowest BCUT2D eigenvalue weighted by molar-refractivity contribution is -0.147. The lowest BCUT2D eigenvalue weighted by Gasteiger charge is -2.08. The number of rotatable bonds is 7. The van der Waals surface area contributed by atoms with Gasteiger partial charge >= 0.3 is 5.97 Å². The molecule has 27 heavy (non-hydrogen) atoms. The Morgan fingerprint density at radius 2 is 1.74 bits per heavy atom. The average molecular weight is 370 g/mol. The van der Waals surface area contributed by atoms with E-state index in [0.29, 0.717) is 17.2 Å². The van der Waals surface area contributed by atoms with Gasteiger partial charge in [-0.15, -0.1) is 0 Å². The maximum atomic E-state index is 11.8. The number of benzene rings is 2. The van der Waals surface area contributed by atoms with E-state index in [9.17, 15) is 14.4 Å². The Balaban J connectivity index is 1.36. The van der Waals surface area contributed by atoms with E-state index < -0.39 is 18.5 Å². The molecular weight excluding hydrogens is 352 g/mol. The van der Waals surface area contributed by atoms with Gasteiger partial charge in [0.2, 0.25) is 12.7 Å². The van der Waals surface area contributed by atoms with Gasteiger partial charge in [0.1, 0.15) is 6.54 Å². The SMILES string of the molecule is O=C(Cc1ccccc1)NCC(=O)OCC(=O)Nc1ccc2c(c1)OCO2. The highest BCUT2D eigenvalue weighted by Gasteiger charge is 2.15. The standard InChI is InChI=1S/C19H18N2O6/c22-17(8-13-4-2-1-3-5-13)20-10-19(24)25-11-18(23)21-14-6-7-15-16(9-14)27-12-26-15/h1-7,9H,8,10-12H2,(H,20,22)(H,21,23). The number of amides is 2. The van der Waals surface area contributed by atoms with Crippen molar-refractivity contribution in [1.29, 1.82) is 0 Å². The van der Waals surface area contributed by atoms with E-state index in [2.05, 4.69) is 10.6 Å². The second kappa shape index (κ2) is 8.70. The third-order valence-electron chi connectivity index (χ3n) is 3.66. The van der Waals surface area contributed by atoms with Crippen molar-refractivity contribution < 1.29 is 28.6 Å². The molecule has 8 heteroatoms. The van der Waals surface area contributed by atoms with Gasteiger partial charge in [-0.3, -0.25) is 14.4 Å². The van der Waals surface area contributed by atoms with Crippen LogP contribution in [0.4, 0.5) is 5.69 Å². The van der Waals surface area contributed by atoms with Crippen LogP contribution in [0.5, 0.6) is 11.5 Å². The highest BCUT2D eigenvalue weighted by Crippen LogP contribution is 2.34. The fraction of sp³-hybridized carbons (Fsp3) is 0.211. The summed E-state index contributed by atoms with van der Waals surface area (Å²) in [6.07, 6.45) is 0.165. The molecule has 0 saturated heterocycles. The number of hydrogen-bond acceptors (Lipinski definition) is 6. The number of carbonyl (C=O) groups is 3. The molecule has 0 saturated carbocycles. The Morgan fingerprint density at radius 1 is 0.963 bits per heavy atom. The quantitative estimate of drug-likeness (QED) is 0.711. The second-order valence-electron chi connectivity index (χ2n) is 5.72. The van der Waals surface area contributed by atoms with Crippen molar-refractivity contribution >= 4 is 23.5 Å². The molecule has 1 aliphatic heterocycles. The van der Waals surface area contributed by atoms with E-state index in [1.807, 2.05) is 30.3 Å². The van der Waals surface area contributed by atoms with Gasteiger partial charge in [-0.1, -0.05) is 30.3 Å². The van der Waals surface area contributed by atoms with Crippen molar-refractivity contribution in [3.05, 3.63) is 54.1 Å². The molecule has 8 nitrogen and oxygen atoms in total. The Bertz CT molecular complexity index is 837. The van der Waals surface area contributed by atoms with E-state index in [1.54, 1.807) is 18.2 Å². The zero-order valence-corrected chi connectivity index (χ0v) is 14.4. The molecule has 0 radical (unpaired) electrons. The number of esters is 1. The molecule has 2 amide bonds. The minimum Gasteiger partial charge on any atom is -0.454 e. The largest absolute Gasteiger partial charge is 0.454 e. The summed E-state index contributed by atoms with van der Waals surface area (Å²) in [7, 11) is 0. The number of hydrogen-bond donors (Lipinski definition) is 2. The summed E-state index contributed by atoms with van der Waals surface area (Å²) < 4.78 is 15.2. The first-order chi connectivity index (χ1) is 13.1. The minimum absolute atomic E-state index is 0.139. The first-order valence-electron chi connectivity index (χ1n) is 8.26. The molecule has 2 aromatic carbocycles. The van der Waals surface area contributed by atoms with Crippen LogP contribution >= 0.6 is 0 Å². The first-order valence-corrected chi connectivity index (χ1v) is 8.26. The molecule has 0 atom stereocenters. The average Bonchev–Trinajstić information content (AvgIpc) is 3.13. The molecule has 1 aliphatic rings. The maximum Gasteiger partial charge on any atom is 0.325 e. The van der Waals surface area contributed by atoms with E-state index in [4.69, 9.17) is 14.2 Å². The molecule has 0 spiro atoms. The number of anilines is 1. The van der Waals surface area contributed by atoms with Crippen LogP contribution in [0.2, 0.25) is 0 Å². The Morgan fingerprint density at radius 3 is 2.56 bits per heavy atom. The van der Waals surface area contributed by atoms with Gasteiger partial charge in [-0.2, -0.15) is 0 Å². The van der Waals surface area contributed by atoms with E-state index in [1.165, 1.54) is 0 Å². The molecule has 0 unspecified atom stereocenters. The van der Waals surface area contributed by atoms with Crippen molar-refractivity contribution in [3.8, 4) is 11.5 Å². The van der Waals surface area contributed by atoms with Gasteiger partial charge in [0, 0.05) is 11.8 Å². The van der Waals surface area contributed by atoms with Crippen LogP contribution < -0.4 is 20.1 Å². The minimum atomic E-state index is -0.697. The number of carbonyl (C=O) groups excluding carboxylic acids is 3. The highest BCUT2D eigenvalue weighted by atomic mass is 16.7. The first kappa shape index (κ1) is 18.2. The van der Waals surface area contributed by atoms with Gasteiger partial charge in [-0.05, 0) is 17.7 Å². The molecule has 0 bridgehead atoms. The maximum absolute atomic E-state index is 11.8. The smallest absolute Gasteiger partial charge is 0.325 e. The van der Waals surface area contributed by atoms with Crippen LogP contribution in [0, 0.1) is 0 Å². The zero-order valence-electron chi connectivity index (χ0n) is 14.4. The van der Waals surface area contributed by atoms with Crippen LogP contribution in [0.15, 0.2) is 48.5 Å². The monoisotopic (exact) mass is 370 g/mol. The molecule has 1 heterocycles. The zero-order chi connectivity index (χ0) is 19.1. The van der Waals surface area contributed by atoms with Gasteiger partial charge in [0.25, 0.3) is 5.91 Å². The van der Waals surface area contributed by atoms with Gasteiger partial charge < -0.3 is 24.8 Å². The van der Waals surface area contributed by atoms with E-state index in [0.717, 1.165) is 5.56 Å². The third-order valence-corrected chi connectivity index (χ3v) is 3.66. The summed E-state index contributed by atoms with van der Waals surface area (Å²) >= 11 is 0. The molecule has 2 N–H and O–H groups in total. The fourth-order valence-electron chi connectivity index (χ4n) is 2.38. The van der Waals surface area contributed by atoms with Gasteiger partial charge in [0.05, 0.1) is 6.42 Å². The van der Waals surface area contributed by atoms with Crippen molar-refractivity contribution in [1.82, 2.24) is 5.32 Å². The number of fused-ring (bicyclic) bond motifs is 1. The van der Waals surface area contributed by atoms with Crippen LogP contribution in [0.25, 0.3) is 0 Å². The van der Waals surface area contributed by atoms with E-state index in [-0.39, 0.29) is 25.7 Å². The van der Waals surface area contributed by atoms with Crippen LogP contribution in [-0.4, -0.2) is 37.7 Å². The molecule has 0 aliphatic carbocycles. The lowest BCUT2D eigenvalue weighted by Crippen LogP contribution is -2.33. The summed E-state index contributed by atoms with van der Waals surface area (Å²) in [4.78, 5) is 35.3. The topological polar surface area (TPSA) is 103 Å². The summed E-state index contributed by atoms with van der Waals surface area (Å²) in [6, 6.07) is 14.1. The molecule has 140 valence electrons. The van der Waals surface area contributed by atoms with Crippen LogP contribution in [-0.2, 0) is 25.5 Å². The molecule has 0 aromatic heterocycles. The molecule has 3 rings (SSSR count). The van der Waals surface area contributed by atoms with Crippen LogP contribution in [0.1, 0.15) is 5.56 Å². The lowest BCUT2D eigenvalue weighted by atomic mass is 10.1. The van der Waals surface area contributed by atoms with Gasteiger partial charge in [0.15, 0.2) is 18.1 Å². The normalized spacial score (nSPS) is 11.6. The summed E-state index contributed by atoms with van der Waals surface area (Å²) in [5, 5.41) is 5.04. The Labute approximate surface area is 155 Å². The summed E-state index contributed by atoms with van der Waals surface area (Å²) in [5.41, 5.74) is 1.34. The summed E-state index contributed by atoms with van der Waals surface area (Å²) in [5.74, 6) is -0.366. The highest BCUT2D eigenvalue weighted by molar-refractivity contribution is 5.93. The van der Waals surface area contributed by atoms with Crippen molar-refractivity contribution in [2.75, 3.05) is 25.3 Å². The molecule has 0 fully saturated rings. The predicted molar refractivity (Wildman–Crippen MR) is 95.3 cm³/mol. The third kappa shape index (κ3) is 5.46. The molecule has 2 aromatic rings. The fourth-order valence-corrected chi connectivity index (χ4v) is 2.38. The second-order valence-corrected chi connectivity index (χ2v) is 5.72. The Kier molecular flexibility index (Phi) is 5.88. The predicted octanol–water partition coefficient (Wildman–Crippen LogP) is 1.26. The van der Waals surface area contributed by atoms with Crippen LogP contribution in [0.3, 0.4) is 0 Å².